The number of carbonyl (C=O) groups is 1. The number of hydrogen-bond acceptors (Lipinski definition) is 3. The third-order valence-electron chi connectivity index (χ3n) is 3.56. The molecule has 0 N–H and O–H groups in total. The van der Waals surface area contributed by atoms with Crippen molar-refractivity contribution in [3.05, 3.63) is 59.7 Å². The fourth-order valence-corrected chi connectivity index (χ4v) is 3.38. The van der Waals surface area contributed by atoms with Crippen LogP contribution < -0.4 is 4.31 Å². The normalized spacial score (nSPS) is 11.1. The van der Waals surface area contributed by atoms with Crippen molar-refractivity contribution in [1.82, 2.24) is 4.90 Å². The van der Waals surface area contributed by atoms with Crippen LogP contribution in [0.15, 0.2) is 53.4 Å². The van der Waals surface area contributed by atoms with Crippen molar-refractivity contribution in [2.75, 3.05) is 25.4 Å². The summed E-state index contributed by atoms with van der Waals surface area (Å²) in [7, 11) is 0.992. The number of hydrogen-bond donors (Lipinski definition) is 0. The van der Waals surface area contributed by atoms with Crippen molar-refractivity contribution in [3.63, 3.8) is 0 Å². The number of sulfonamides is 1. The highest BCUT2D eigenvalue weighted by Crippen LogP contribution is 2.26. The number of anilines is 1. The number of aryl methyl sites for hydroxylation is 1. The zero-order valence-electron chi connectivity index (χ0n) is 13.6. The third-order valence-corrected chi connectivity index (χ3v) is 5.34. The van der Waals surface area contributed by atoms with Gasteiger partial charge in [-0.05, 0) is 31.2 Å². The number of rotatable bonds is 4. The van der Waals surface area contributed by atoms with E-state index >= 15 is 0 Å². The number of benzene rings is 2. The molecule has 0 aromatic heterocycles. The molecule has 0 atom stereocenters. The molecule has 0 fully saturated rings. The number of para-hydroxylation sites is 1. The molecule has 6 heteroatoms. The van der Waals surface area contributed by atoms with E-state index in [9.17, 15) is 13.2 Å². The smallest absolute Gasteiger partial charge is 0.264 e. The Hall–Kier alpha value is -2.34. The largest absolute Gasteiger partial charge is 0.345 e. The van der Waals surface area contributed by atoms with Crippen LogP contribution in [0.25, 0.3) is 0 Å². The summed E-state index contributed by atoms with van der Waals surface area (Å²) in [5.74, 6) is -0.244. The monoisotopic (exact) mass is 332 g/mol. The zero-order valence-corrected chi connectivity index (χ0v) is 14.5. The van der Waals surface area contributed by atoms with Crippen LogP contribution in [0.1, 0.15) is 15.9 Å². The van der Waals surface area contributed by atoms with Crippen molar-refractivity contribution in [2.45, 2.75) is 11.8 Å². The van der Waals surface area contributed by atoms with Gasteiger partial charge >= 0.3 is 0 Å². The maximum Gasteiger partial charge on any atom is 0.264 e. The van der Waals surface area contributed by atoms with Crippen LogP contribution in [-0.4, -0.2) is 40.4 Å². The lowest BCUT2D eigenvalue weighted by Gasteiger charge is -2.23. The molecule has 0 heterocycles. The van der Waals surface area contributed by atoms with Gasteiger partial charge in [-0.1, -0.05) is 29.8 Å². The molecule has 23 heavy (non-hydrogen) atoms. The van der Waals surface area contributed by atoms with Gasteiger partial charge in [0.15, 0.2) is 0 Å². The van der Waals surface area contributed by atoms with Crippen molar-refractivity contribution < 1.29 is 13.2 Å². The number of carbonyl (C=O) groups excluding carboxylic acids is 1. The van der Waals surface area contributed by atoms with E-state index in [1.165, 1.54) is 11.9 Å². The summed E-state index contributed by atoms with van der Waals surface area (Å²) >= 11 is 0. The topological polar surface area (TPSA) is 57.7 Å². The molecule has 2 rings (SSSR count). The first kappa shape index (κ1) is 17.0. The lowest BCUT2D eigenvalue weighted by atomic mass is 10.1. The number of nitrogens with zero attached hydrogens (tertiary/aromatic N) is 2. The van der Waals surface area contributed by atoms with Gasteiger partial charge in [0.05, 0.1) is 16.1 Å². The van der Waals surface area contributed by atoms with Gasteiger partial charge in [-0.25, -0.2) is 8.42 Å². The Morgan fingerprint density at radius 1 is 0.913 bits per heavy atom. The van der Waals surface area contributed by atoms with Crippen LogP contribution in [0.3, 0.4) is 0 Å². The maximum atomic E-state index is 12.8. The van der Waals surface area contributed by atoms with E-state index in [4.69, 9.17) is 0 Å². The van der Waals surface area contributed by atoms with E-state index in [2.05, 4.69) is 0 Å². The van der Waals surface area contributed by atoms with Crippen LogP contribution >= 0.6 is 0 Å². The van der Waals surface area contributed by atoms with E-state index in [0.29, 0.717) is 11.3 Å². The zero-order chi connectivity index (χ0) is 17.2. The molecule has 5 nitrogen and oxygen atoms in total. The fourth-order valence-electron chi connectivity index (χ4n) is 2.17. The van der Waals surface area contributed by atoms with Gasteiger partial charge in [0.2, 0.25) is 0 Å². The summed E-state index contributed by atoms with van der Waals surface area (Å²) in [6.07, 6.45) is 0. The van der Waals surface area contributed by atoms with Gasteiger partial charge < -0.3 is 4.90 Å². The van der Waals surface area contributed by atoms with Gasteiger partial charge in [0.1, 0.15) is 0 Å². The van der Waals surface area contributed by atoms with E-state index in [0.717, 1.165) is 9.87 Å². The van der Waals surface area contributed by atoms with Crippen LogP contribution in [0, 0.1) is 6.92 Å². The fraction of sp³-hybridized carbons (Fsp3) is 0.235. The summed E-state index contributed by atoms with van der Waals surface area (Å²) < 4.78 is 26.7. The highest BCUT2D eigenvalue weighted by atomic mass is 32.2. The molecule has 1 amide bonds. The molecule has 0 spiro atoms. The maximum absolute atomic E-state index is 12.8. The Morgan fingerprint density at radius 3 is 2.04 bits per heavy atom. The molecule has 2 aromatic rings. The minimum atomic E-state index is -3.73. The summed E-state index contributed by atoms with van der Waals surface area (Å²) in [6.45, 7) is 1.89. The lowest BCUT2D eigenvalue weighted by Crippen LogP contribution is -2.30. The van der Waals surface area contributed by atoms with Gasteiger partial charge in [0.25, 0.3) is 15.9 Å². The van der Waals surface area contributed by atoms with Crippen LogP contribution in [-0.2, 0) is 10.0 Å². The summed E-state index contributed by atoms with van der Waals surface area (Å²) in [4.78, 5) is 13.9. The quantitative estimate of drug-likeness (QED) is 0.864. The van der Waals surface area contributed by atoms with Crippen molar-refractivity contribution >= 4 is 21.6 Å². The second-order valence-corrected chi connectivity index (χ2v) is 7.47. The van der Waals surface area contributed by atoms with Gasteiger partial charge in [-0.2, -0.15) is 0 Å². The minimum absolute atomic E-state index is 0.192. The van der Waals surface area contributed by atoms with E-state index < -0.39 is 10.0 Å². The average Bonchev–Trinajstić information content (AvgIpc) is 2.53. The summed E-state index contributed by atoms with van der Waals surface area (Å²) in [5, 5.41) is 0. The molecular formula is C17H20N2O3S. The molecular weight excluding hydrogens is 312 g/mol. The molecule has 0 saturated heterocycles. The van der Waals surface area contributed by atoms with Gasteiger partial charge in [-0.3, -0.25) is 9.10 Å². The molecule has 0 radical (unpaired) electrons. The van der Waals surface area contributed by atoms with Crippen LogP contribution in [0.4, 0.5) is 5.69 Å². The second kappa shape index (κ2) is 6.42. The van der Waals surface area contributed by atoms with Crippen molar-refractivity contribution in [2.24, 2.45) is 0 Å². The predicted molar refractivity (Wildman–Crippen MR) is 91.2 cm³/mol. The van der Waals surface area contributed by atoms with Gasteiger partial charge in [-0.15, -0.1) is 0 Å². The highest BCUT2D eigenvalue weighted by Gasteiger charge is 2.25. The van der Waals surface area contributed by atoms with Crippen molar-refractivity contribution in [1.29, 1.82) is 0 Å². The van der Waals surface area contributed by atoms with E-state index in [1.807, 2.05) is 6.92 Å². The van der Waals surface area contributed by atoms with E-state index in [1.54, 1.807) is 62.6 Å². The summed E-state index contributed by atoms with van der Waals surface area (Å²) in [6, 6.07) is 13.3. The minimum Gasteiger partial charge on any atom is -0.345 e. The molecule has 122 valence electrons. The Kier molecular flexibility index (Phi) is 4.75. The average molecular weight is 332 g/mol. The van der Waals surface area contributed by atoms with Crippen LogP contribution in [0.2, 0.25) is 0 Å². The molecule has 0 aliphatic rings. The van der Waals surface area contributed by atoms with Gasteiger partial charge in [0, 0.05) is 21.1 Å². The second-order valence-electron chi connectivity index (χ2n) is 5.50. The Labute approximate surface area is 137 Å². The molecule has 0 bridgehead atoms. The third kappa shape index (κ3) is 3.37. The predicted octanol–water partition coefficient (Wildman–Crippen LogP) is 2.52. The first-order valence-electron chi connectivity index (χ1n) is 7.11. The van der Waals surface area contributed by atoms with E-state index in [-0.39, 0.29) is 10.8 Å². The lowest BCUT2D eigenvalue weighted by molar-refractivity contribution is 0.0828. The molecule has 0 saturated carbocycles. The number of amides is 1. The standard InChI is InChI=1S/C17H20N2O3S/c1-13-9-11-14(12-10-13)23(21,22)19(4)16-8-6-5-7-15(16)17(20)18(2)3/h5-12H,1-4H3. The summed E-state index contributed by atoms with van der Waals surface area (Å²) in [5.41, 5.74) is 1.68. The molecule has 2 aromatic carbocycles. The highest BCUT2D eigenvalue weighted by molar-refractivity contribution is 7.92. The van der Waals surface area contributed by atoms with Crippen molar-refractivity contribution in [3.8, 4) is 0 Å². The Bertz CT molecular complexity index is 812. The molecule has 0 unspecified atom stereocenters. The first-order chi connectivity index (χ1) is 10.7. The molecule has 0 aliphatic carbocycles. The first-order valence-corrected chi connectivity index (χ1v) is 8.55. The Balaban J connectivity index is 2.50. The van der Waals surface area contributed by atoms with Crippen LogP contribution in [0.5, 0.6) is 0 Å². The SMILES string of the molecule is Cc1ccc(S(=O)(=O)N(C)c2ccccc2C(=O)N(C)C)cc1. The molecule has 0 aliphatic heterocycles. The Morgan fingerprint density at radius 2 is 1.48 bits per heavy atom.